The maximum absolute atomic E-state index is 12.6. The standard InChI is InChI=1S/C34H40N6O4/c1-6-36-34(33(26(2)35)39(4)28-17-19-31(20-18-28)44-30-14-8-7-9-15-30)40(25-41)29-13-10-12-27(24-29)37-32(42)16-11-21-38(3)22-23-43-5/h6-20,24-25H,1,21-23,35H2,2-5H3,(H,37,42)/b16-11+,33-26-,36-34?. The van der Waals surface area contributed by atoms with Crippen molar-refractivity contribution >= 4 is 35.2 Å². The van der Waals surface area contributed by atoms with E-state index < -0.39 is 0 Å². The van der Waals surface area contributed by atoms with Crippen LogP contribution in [0.1, 0.15) is 6.92 Å². The fourth-order valence-corrected chi connectivity index (χ4v) is 4.23. The minimum absolute atomic E-state index is 0.254. The van der Waals surface area contributed by atoms with Crippen molar-refractivity contribution in [1.82, 2.24) is 4.90 Å². The van der Waals surface area contributed by atoms with Gasteiger partial charge in [-0.1, -0.05) is 36.9 Å². The van der Waals surface area contributed by atoms with Crippen molar-refractivity contribution in [2.75, 3.05) is 56.0 Å². The second kappa shape index (κ2) is 17.1. The monoisotopic (exact) mass is 596 g/mol. The number of para-hydroxylation sites is 1. The molecule has 0 radical (unpaired) electrons. The number of hydrogen-bond acceptors (Lipinski definition) is 8. The van der Waals surface area contributed by atoms with Crippen LogP contribution in [0.25, 0.3) is 0 Å². The average Bonchev–Trinajstić information content (AvgIpc) is 3.01. The molecule has 0 atom stereocenters. The first-order valence-electron chi connectivity index (χ1n) is 14.0. The fourth-order valence-electron chi connectivity index (χ4n) is 4.23. The fraction of sp³-hybridized carbons (Fsp3) is 0.206. The number of nitrogens with zero attached hydrogens (tertiary/aromatic N) is 4. The van der Waals surface area contributed by atoms with E-state index in [-0.39, 0.29) is 11.7 Å². The predicted octanol–water partition coefficient (Wildman–Crippen LogP) is 5.38. The van der Waals surface area contributed by atoms with Crippen LogP contribution in [0.5, 0.6) is 11.5 Å². The number of nitrogens with one attached hydrogen (secondary N) is 1. The Balaban J connectivity index is 1.81. The lowest BCUT2D eigenvalue weighted by Crippen LogP contribution is -2.38. The lowest BCUT2D eigenvalue weighted by molar-refractivity contribution is -0.112. The predicted molar refractivity (Wildman–Crippen MR) is 178 cm³/mol. The summed E-state index contributed by atoms with van der Waals surface area (Å²) in [4.78, 5) is 34.8. The Morgan fingerprint density at radius 2 is 1.70 bits per heavy atom. The number of amides is 2. The molecule has 0 saturated carbocycles. The third kappa shape index (κ3) is 9.69. The SMILES string of the molecule is C=CN=C(/C(=C(\C)N)N(C)c1ccc(Oc2ccccc2)cc1)N(C=O)c1cccc(NC(=O)/C=C/CN(C)CCOC)c1. The van der Waals surface area contributed by atoms with Gasteiger partial charge in [0.25, 0.3) is 0 Å². The van der Waals surface area contributed by atoms with Crippen LogP contribution in [0.4, 0.5) is 17.1 Å². The molecule has 10 heteroatoms. The Labute approximate surface area is 259 Å². The molecule has 0 bridgehead atoms. The molecule has 3 aromatic carbocycles. The molecule has 0 heterocycles. The first-order chi connectivity index (χ1) is 21.3. The van der Waals surface area contributed by atoms with E-state index in [2.05, 4.69) is 16.9 Å². The van der Waals surface area contributed by atoms with Gasteiger partial charge in [-0.05, 0) is 68.6 Å². The lowest BCUT2D eigenvalue weighted by atomic mass is 10.2. The van der Waals surface area contributed by atoms with E-state index in [1.54, 1.807) is 44.4 Å². The van der Waals surface area contributed by atoms with Gasteiger partial charge in [0.15, 0.2) is 5.84 Å². The Morgan fingerprint density at radius 3 is 2.34 bits per heavy atom. The molecule has 0 aliphatic carbocycles. The summed E-state index contributed by atoms with van der Waals surface area (Å²) in [6, 6.07) is 23.9. The lowest BCUT2D eigenvalue weighted by Gasteiger charge is -2.29. The van der Waals surface area contributed by atoms with E-state index in [0.717, 1.165) is 18.0 Å². The van der Waals surface area contributed by atoms with Gasteiger partial charge in [0, 0.05) is 56.6 Å². The summed E-state index contributed by atoms with van der Waals surface area (Å²) >= 11 is 0. The molecule has 3 N–H and O–H groups in total. The molecule has 3 aromatic rings. The number of nitrogens with two attached hydrogens (primary N) is 1. The number of methoxy groups -OCH3 is 1. The summed E-state index contributed by atoms with van der Waals surface area (Å²) in [6.07, 6.45) is 5.24. The van der Waals surface area contributed by atoms with Crippen molar-refractivity contribution < 1.29 is 19.1 Å². The minimum atomic E-state index is -0.294. The van der Waals surface area contributed by atoms with Gasteiger partial charge in [0.2, 0.25) is 12.3 Å². The van der Waals surface area contributed by atoms with Crippen molar-refractivity contribution in [3.05, 3.63) is 115 Å². The van der Waals surface area contributed by atoms with Crippen LogP contribution >= 0.6 is 0 Å². The largest absolute Gasteiger partial charge is 0.457 e. The molecule has 230 valence electrons. The maximum Gasteiger partial charge on any atom is 0.248 e. The normalized spacial score (nSPS) is 12.1. The molecule has 10 nitrogen and oxygen atoms in total. The van der Waals surface area contributed by atoms with E-state index in [0.29, 0.717) is 48.1 Å². The third-order valence-corrected chi connectivity index (χ3v) is 6.43. The highest BCUT2D eigenvalue weighted by molar-refractivity contribution is 6.20. The topological polar surface area (TPSA) is 113 Å². The number of likely N-dealkylation sites (N-methyl/N-ethyl adjacent to an activating group) is 2. The highest BCUT2D eigenvalue weighted by Crippen LogP contribution is 2.28. The summed E-state index contributed by atoms with van der Waals surface area (Å²) in [5.41, 5.74) is 9.06. The highest BCUT2D eigenvalue weighted by Gasteiger charge is 2.23. The van der Waals surface area contributed by atoms with Crippen molar-refractivity contribution in [2.45, 2.75) is 6.92 Å². The van der Waals surface area contributed by atoms with Crippen molar-refractivity contribution in [3.8, 4) is 11.5 Å². The summed E-state index contributed by atoms with van der Waals surface area (Å²) in [7, 11) is 5.42. The van der Waals surface area contributed by atoms with E-state index in [9.17, 15) is 9.59 Å². The summed E-state index contributed by atoms with van der Waals surface area (Å²) in [5.74, 6) is 1.36. The maximum atomic E-state index is 12.6. The first kappa shape index (κ1) is 33.3. The van der Waals surface area contributed by atoms with Crippen molar-refractivity contribution in [3.63, 3.8) is 0 Å². The number of ether oxygens (including phenoxy) is 2. The summed E-state index contributed by atoms with van der Waals surface area (Å²) in [5, 5.41) is 2.84. The van der Waals surface area contributed by atoms with Gasteiger partial charge in [0.05, 0.1) is 12.3 Å². The van der Waals surface area contributed by atoms with Gasteiger partial charge in [-0.2, -0.15) is 0 Å². The number of rotatable bonds is 15. The van der Waals surface area contributed by atoms with Crippen LogP contribution < -0.4 is 25.6 Å². The van der Waals surface area contributed by atoms with Crippen LogP contribution in [-0.2, 0) is 14.3 Å². The number of carbonyl (C=O) groups excluding carboxylic acids is 2. The zero-order valence-electron chi connectivity index (χ0n) is 25.6. The molecule has 2 amide bonds. The Bertz CT molecular complexity index is 1480. The Hall–Kier alpha value is -5.19. The summed E-state index contributed by atoms with van der Waals surface area (Å²) in [6.45, 7) is 7.44. The number of allylic oxidation sites excluding steroid dienone is 1. The number of amidine groups is 1. The molecule has 0 spiro atoms. The molecular weight excluding hydrogens is 556 g/mol. The van der Waals surface area contributed by atoms with Gasteiger partial charge >= 0.3 is 0 Å². The van der Waals surface area contributed by atoms with Crippen LogP contribution in [-0.4, -0.2) is 64.0 Å². The Kier molecular flexibility index (Phi) is 12.9. The van der Waals surface area contributed by atoms with E-state index >= 15 is 0 Å². The van der Waals surface area contributed by atoms with Gasteiger partial charge < -0.3 is 30.3 Å². The highest BCUT2D eigenvalue weighted by atomic mass is 16.5. The molecule has 0 aliphatic rings. The van der Waals surface area contributed by atoms with Crippen LogP contribution in [0.3, 0.4) is 0 Å². The van der Waals surface area contributed by atoms with Gasteiger partial charge in [0.1, 0.15) is 17.2 Å². The zero-order valence-corrected chi connectivity index (χ0v) is 25.6. The molecule has 0 fully saturated rings. The molecular formula is C34H40N6O4. The van der Waals surface area contributed by atoms with Gasteiger partial charge in [-0.25, -0.2) is 4.99 Å². The third-order valence-electron chi connectivity index (χ3n) is 6.43. The molecule has 0 aliphatic heterocycles. The van der Waals surface area contributed by atoms with E-state index in [1.165, 1.54) is 17.2 Å². The zero-order chi connectivity index (χ0) is 31.9. The number of hydrogen-bond donors (Lipinski definition) is 2. The van der Waals surface area contributed by atoms with Crippen LogP contribution in [0, 0.1) is 0 Å². The first-order valence-corrected chi connectivity index (χ1v) is 14.0. The van der Waals surface area contributed by atoms with Gasteiger partial charge in [-0.15, -0.1) is 0 Å². The molecule has 0 saturated heterocycles. The molecule has 0 unspecified atom stereocenters. The summed E-state index contributed by atoms with van der Waals surface area (Å²) < 4.78 is 11.0. The van der Waals surface area contributed by atoms with Crippen LogP contribution in [0.15, 0.2) is 120 Å². The minimum Gasteiger partial charge on any atom is -0.457 e. The quantitative estimate of drug-likeness (QED) is 0.105. The van der Waals surface area contributed by atoms with Crippen LogP contribution in [0.2, 0.25) is 0 Å². The number of aliphatic imine (C=N–C) groups is 1. The van der Waals surface area contributed by atoms with E-state index in [1.807, 2.05) is 78.5 Å². The number of carbonyl (C=O) groups is 2. The molecule has 44 heavy (non-hydrogen) atoms. The number of benzene rings is 3. The number of anilines is 3. The van der Waals surface area contributed by atoms with Gasteiger partial charge in [-0.3, -0.25) is 14.5 Å². The van der Waals surface area contributed by atoms with Crippen molar-refractivity contribution in [2.24, 2.45) is 10.7 Å². The molecule has 0 aromatic heterocycles. The second-order valence-electron chi connectivity index (χ2n) is 9.81. The molecule has 3 rings (SSSR count). The average molecular weight is 597 g/mol. The second-order valence-corrected chi connectivity index (χ2v) is 9.81. The van der Waals surface area contributed by atoms with Crippen molar-refractivity contribution in [1.29, 1.82) is 0 Å². The Morgan fingerprint density at radius 1 is 1.00 bits per heavy atom. The smallest absolute Gasteiger partial charge is 0.248 e. The van der Waals surface area contributed by atoms with E-state index in [4.69, 9.17) is 15.2 Å².